The van der Waals surface area contributed by atoms with E-state index in [1.165, 1.54) is 38.5 Å². The Morgan fingerprint density at radius 2 is 1.06 bits per heavy atom. The van der Waals surface area contributed by atoms with Crippen molar-refractivity contribution in [2.45, 2.75) is 38.5 Å². The summed E-state index contributed by atoms with van der Waals surface area (Å²) >= 11 is 0. The van der Waals surface area contributed by atoms with Gasteiger partial charge in [0.05, 0.1) is 11.0 Å². The van der Waals surface area contributed by atoms with E-state index in [9.17, 15) is 0 Å². The second-order valence-electron chi connectivity index (χ2n) is 14.0. The molecule has 0 unspecified atom stereocenters. The lowest BCUT2D eigenvalue weighted by Crippen LogP contribution is -2.43. The van der Waals surface area contributed by atoms with Crippen molar-refractivity contribution in [1.29, 1.82) is 0 Å². The van der Waals surface area contributed by atoms with Crippen molar-refractivity contribution in [3.8, 4) is 51.1 Å². The fourth-order valence-corrected chi connectivity index (χ4v) is 7.65. The molecule has 5 aromatic carbocycles. The zero-order valence-electron chi connectivity index (χ0n) is 28.0. The maximum atomic E-state index is 5.14. The number of hydrogen-bond donors (Lipinski definition) is 0. The van der Waals surface area contributed by atoms with Crippen LogP contribution in [0.1, 0.15) is 38.8 Å². The molecule has 9 rings (SSSR count). The molecule has 0 saturated carbocycles. The first-order valence-corrected chi connectivity index (χ1v) is 16.8. The van der Waals surface area contributed by atoms with Crippen LogP contribution < -0.4 is 0 Å². The minimum absolute atomic E-state index is 0.102. The van der Waals surface area contributed by atoms with Crippen molar-refractivity contribution in [3.05, 3.63) is 151 Å². The monoisotopic (exact) mass is 633 g/mol. The van der Waals surface area contributed by atoms with Crippen molar-refractivity contribution < 1.29 is 0 Å². The molecule has 5 heteroatoms. The van der Waals surface area contributed by atoms with E-state index in [1.54, 1.807) is 0 Å². The topological polar surface area (TPSA) is 56.5 Å². The van der Waals surface area contributed by atoms with Gasteiger partial charge in [-0.1, -0.05) is 143 Å². The van der Waals surface area contributed by atoms with E-state index >= 15 is 0 Å². The van der Waals surface area contributed by atoms with E-state index in [1.807, 2.05) is 66.9 Å². The van der Waals surface area contributed by atoms with Crippen LogP contribution in [0.5, 0.6) is 0 Å². The highest BCUT2D eigenvalue weighted by Gasteiger charge is 2.47. The highest BCUT2D eigenvalue weighted by molar-refractivity contribution is 6.12. The van der Waals surface area contributed by atoms with Crippen LogP contribution in [0, 0.1) is 0 Å². The Morgan fingerprint density at radius 3 is 1.71 bits per heavy atom. The van der Waals surface area contributed by atoms with Crippen molar-refractivity contribution >= 4 is 21.8 Å². The lowest BCUT2D eigenvalue weighted by molar-refractivity contribution is 0.301. The van der Waals surface area contributed by atoms with Gasteiger partial charge in [-0.15, -0.1) is 0 Å². The third kappa shape index (κ3) is 4.39. The molecule has 0 saturated heterocycles. The van der Waals surface area contributed by atoms with Crippen molar-refractivity contribution in [2.24, 2.45) is 0 Å². The summed E-state index contributed by atoms with van der Waals surface area (Å²) < 4.78 is 2.36. The fourth-order valence-electron chi connectivity index (χ4n) is 7.65. The normalized spacial score (nSPS) is 14.4. The van der Waals surface area contributed by atoms with Crippen molar-refractivity contribution in [3.63, 3.8) is 0 Å². The van der Waals surface area contributed by atoms with Gasteiger partial charge in [-0.2, -0.15) is 0 Å². The van der Waals surface area contributed by atoms with Crippen LogP contribution in [-0.2, 0) is 10.8 Å². The highest BCUT2D eigenvalue weighted by Crippen LogP contribution is 2.56. The van der Waals surface area contributed by atoms with Crippen LogP contribution in [0.4, 0.5) is 0 Å². The molecular weight excluding hydrogens is 599 g/mol. The first kappa shape index (κ1) is 29.2. The molecule has 0 aliphatic heterocycles. The zero-order chi connectivity index (χ0) is 33.3. The number of pyridine rings is 1. The number of para-hydroxylation sites is 1. The summed E-state index contributed by atoms with van der Waals surface area (Å²) in [6.07, 6.45) is 1.90. The summed E-state index contributed by atoms with van der Waals surface area (Å²) in [6, 6.07) is 46.5. The van der Waals surface area contributed by atoms with Gasteiger partial charge < -0.3 is 0 Å². The highest BCUT2D eigenvalue weighted by atomic mass is 15.1. The average Bonchev–Trinajstić information content (AvgIpc) is 3.49. The van der Waals surface area contributed by atoms with E-state index in [-0.39, 0.29) is 10.8 Å². The quantitative estimate of drug-likeness (QED) is 0.193. The Bertz CT molecular complexity index is 2470. The third-order valence-corrected chi connectivity index (χ3v) is 10.8. The first-order valence-electron chi connectivity index (χ1n) is 16.8. The van der Waals surface area contributed by atoms with Crippen LogP contribution >= 0.6 is 0 Å². The summed E-state index contributed by atoms with van der Waals surface area (Å²) in [6.45, 7) is 9.57. The van der Waals surface area contributed by atoms with E-state index in [0.29, 0.717) is 17.5 Å². The van der Waals surface area contributed by atoms with Gasteiger partial charge in [0.15, 0.2) is 17.5 Å². The number of nitrogens with zero attached hydrogens (tertiary/aromatic N) is 5. The first-order chi connectivity index (χ1) is 23.8. The van der Waals surface area contributed by atoms with Crippen molar-refractivity contribution in [2.75, 3.05) is 0 Å². The van der Waals surface area contributed by atoms with Crippen molar-refractivity contribution in [1.82, 2.24) is 24.5 Å². The number of aromatic nitrogens is 5. The molecule has 1 aliphatic carbocycles. The largest absolute Gasteiger partial charge is 0.293 e. The molecular formula is C44H35N5. The van der Waals surface area contributed by atoms with Crippen LogP contribution in [0.2, 0.25) is 0 Å². The summed E-state index contributed by atoms with van der Waals surface area (Å²) in [5.74, 6) is 2.71. The van der Waals surface area contributed by atoms with Crippen LogP contribution in [0.15, 0.2) is 140 Å². The average molecular weight is 634 g/mol. The van der Waals surface area contributed by atoms with Gasteiger partial charge in [0.1, 0.15) is 5.82 Å². The van der Waals surface area contributed by atoms with E-state index in [0.717, 1.165) is 28.0 Å². The lowest BCUT2D eigenvalue weighted by atomic mass is 9.55. The standard InChI is InChI=1S/C44H35N5/c1-43(2)35-21-13-11-19-31(35)33-24-25-34-32-20-12-14-22-36(32)49(39(34)38(33)44(43,3)4)37-26-23-30(27-45-37)42-47-40(28-15-7-5-8-16-28)46-41(48-42)29-17-9-6-10-18-29/h5-27H,1-4H3. The Hall–Kier alpha value is -5.94. The van der Waals surface area contributed by atoms with Gasteiger partial charge in [0.25, 0.3) is 0 Å². The van der Waals surface area contributed by atoms with Gasteiger partial charge in [0, 0.05) is 39.1 Å². The van der Waals surface area contributed by atoms with Gasteiger partial charge in [-0.3, -0.25) is 4.57 Å². The summed E-state index contributed by atoms with van der Waals surface area (Å²) in [5, 5.41) is 2.46. The maximum absolute atomic E-state index is 5.14. The second-order valence-corrected chi connectivity index (χ2v) is 14.0. The molecule has 0 N–H and O–H groups in total. The predicted octanol–water partition coefficient (Wildman–Crippen LogP) is 10.6. The Balaban J connectivity index is 1.26. The fraction of sp³-hybridized carbons (Fsp3) is 0.136. The van der Waals surface area contributed by atoms with Crippen LogP contribution in [0.25, 0.3) is 72.9 Å². The molecule has 3 heterocycles. The van der Waals surface area contributed by atoms with E-state index in [2.05, 4.69) is 105 Å². The molecule has 0 fully saturated rings. The molecule has 0 bridgehead atoms. The molecule has 236 valence electrons. The maximum Gasteiger partial charge on any atom is 0.165 e. The number of benzene rings is 5. The van der Waals surface area contributed by atoms with Crippen LogP contribution in [-0.4, -0.2) is 24.5 Å². The second kappa shape index (κ2) is 10.8. The summed E-state index contributed by atoms with van der Waals surface area (Å²) in [4.78, 5) is 19.9. The molecule has 0 amide bonds. The third-order valence-electron chi connectivity index (χ3n) is 10.8. The Morgan fingerprint density at radius 1 is 0.469 bits per heavy atom. The number of fused-ring (bicyclic) bond motifs is 7. The smallest absolute Gasteiger partial charge is 0.165 e. The molecule has 1 aliphatic rings. The predicted molar refractivity (Wildman–Crippen MR) is 200 cm³/mol. The molecule has 49 heavy (non-hydrogen) atoms. The summed E-state index contributed by atoms with van der Waals surface area (Å²) in [5.41, 5.74) is 10.1. The molecule has 0 spiro atoms. The summed E-state index contributed by atoms with van der Waals surface area (Å²) in [7, 11) is 0. The number of hydrogen-bond acceptors (Lipinski definition) is 4. The zero-order valence-corrected chi connectivity index (χ0v) is 28.0. The number of rotatable bonds is 4. The van der Waals surface area contributed by atoms with E-state index in [4.69, 9.17) is 19.9 Å². The molecule has 0 atom stereocenters. The molecule has 0 radical (unpaired) electrons. The SMILES string of the molecule is CC1(C)c2ccccc2-c2ccc3c4ccccc4n(-c4ccc(-c5nc(-c6ccccc6)nc(-c6ccccc6)n5)cn4)c3c2C1(C)C. The minimum atomic E-state index is -0.172. The van der Waals surface area contributed by atoms with E-state index < -0.39 is 0 Å². The molecule has 3 aromatic heterocycles. The minimum Gasteiger partial charge on any atom is -0.293 e. The van der Waals surface area contributed by atoms with Gasteiger partial charge >= 0.3 is 0 Å². The lowest BCUT2D eigenvalue weighted by Gasteiger charge is -2.48. The van der Waals surface area contributed by atoms with Gasteiger partial charge in [0.2, 0.25) is 0 Å². The van der Waals surface area contributed by atoms with Gasteiger partial charge in [-0.05, 0) is 45.9 Å². The Labute approximate surface area is 286 Å². The molecule has 5 nitrogen and oxygen atoms in total. The molecule has 8 aromatic rings. The van der Waals surface area contributed by atoms with Crippen LogP contribution in [0.3, 0.4) is 0 Å². The van der Waals surface area contributed by atoms with Gasteiger partial charge in [-0.25, -0.2) is 19.9 Å². The Kier molecular flexibility index (Phi) is 6.44.